The first-order valence-electron chi connectivity index (χ1n) is 19.5. The van der Waals surface area contributed by atoms with Gasteiger partial charge in [-0.25, -0.2) is 9.97 Å². The van der Waals surface area contributed by atoms with Crippen molar-refractivity contribution < 1.29 is 0 Å². The van der Waals surface area contributed by atoms with Crippen LogP contribution in [0.2, 0.25) is 0 Å². The molecule has 4 aromatic heterocycles. The molecule has 7 aromatic carbocycles. The highest BCUT2D eigenvalue weighted by molar-refractivity contribution is 6.13. The van der Waals surface area contributed by atoms with E-state index < -0.39 is 0 Å². The molecule has 0 aliphatic rings. The van der Waals surface area contributed by atoms with Gasteiger partial charge in [0.1, 0.15) is 0 Å². The maximum Gasteiger partial charge on any atom is 0.0978 e. The molecular formula is C54H34N4. The zero-order valence-electron chi connectivity index (χ0n) is 31.4. The Morgan fingerprint density at radius 1 is 0.259 bits per heavy atom. The SMILES string of the molecule is c1ccc(-c2ccc(-c3cc(-c4ccc5ccccc5c4)nc4c3ccc3c(-c5ccc(-c6ccccn6)cc5)cc(-c5ccc6ccccc6c5)nc34)cc2)nc1. The summed E-state index contributed by atoms with van der Waals surface area (Å²) in [5, 5.41) is 6.83. The summed E-state index contributed by atoms with van der Waals surface area (Å²) in [7, 11) is 0. The minimum absolute atomic E-state index is 0.862. The van der Waals surface area contributed by atoms with Crippen LogP contribution >= 0.6 is 0 Å². The molecule has 11 rings (SSSR count). The molecule has 0 unspecified atom stereocenters. The third-order valence-electron chi connectivity index (χ3n) is 11.2. The summed E-state index contributed by atoms with van der Waals surface area (Å²) < 4.78 is 0. The molecule has 0 atom stereocenters. The molecule has 0 N–H and O–H groups in total. The van der Waals surface area contributed by atoms with Crippen LogP contribution in [0.4, 0.5) is 0 Å². The Bertz CT molecular complexity index is 3080. The second kappa shape index (κ2) is 14.0. The molecular weight excluding hydrogens is 705 g/mol. The van der Waals surface area contributed by atoms with E-state index in [0.29, 0.717) is 0 Å². The molecule has 270 valence electrons. The van der Waals surface area contributed by atoms with E-state index in [4.69, 9.17) is 9.97 Å². The molecule has 0 bridgehead atoms. The lowest BCUT2D eigenvalue weighted by atomic mass is 9.92. The predicted octanol–water partition coefficient (Wildman–Crippen LogP) is 13.9. The van der Waals surface area contributed by atoms with Crippen LogP contribution in [0.15, 0.2) is 207 Å². The van der Waals surface area contributed by atoms with Gasteiger partial charge in [0.05, 0.1) is 33.8 Å². The second-order valence-electron chi connectivity index (χ2n) is 14.7. The Morgan fingerprint density at radius 2 is 0.638 bits per heavy atom. The molecule has 0 fully saturated rings. The molecule has 0 saturated carbocycles. The van der Waals surface area contributed by atoms with E-state index >= 15 is 0 Å². The van der Waals surface area contributed by atoms with E-state index in [1.54, 1.807) is 0 Å². The minimum Gasteiger partial charge on any atom is -0.256 e. The molecule has 0 amide bonds. The monoisotopic (exact) mass is 738 g/mol. The van der Waals surface area contributed by atoms with Crippen LogP contribution in [0.25, 0.3) is 111 Å². The zero-order chi connectivity index (χ0) is 38.4. The van der Waals surface area contributed by atoms with E-state index in [2.05, 4.69) is 168 Å². The van der Waals surface area contributed by atoms with Crippen molar-refractivity contribution in [1.82, 2.24) is 19.9 Å². The summed E-state index contributed by atoms with van der Waals surface area (Å²) in [5.74, 6) is 0. The molecule has 4 heteroatoms. The van der Waals surface area contributed by atoms with Crippen LogP contribution in [0.3, 0.4) is 0 Å². The van der Waals surface area contributed by atoms with Gasteiger partial charge in [-0.1, -0.05) is 146 Å². The highest BCUT2D eigenvalue weighted by Crippen LogP contribution is 2.41. The van der Waals surface area contributed by atoms with Gasteiger partial charge in [-0.15, -0.1) is 0 Å². The minimum atomic E-state index is 0.862. The number of rotatable bonds is 6. The number of pyridine rings is 4. The molecule has 0 saturated heterocycles. The van der Waals surface area contributed by atoms with E-state index in [0.717, 1.165) is 89.1 Å². The van der Waals surface area contributed by atoms with E-state index in [-0.39, 0.29) is 0 Å². The van der Waals surface area contributed by atoms with Crippen LogP contribution in [0.5, 0.6) is 0 Å². The zero-order valence-corrected chi connectivity index (χ0v) is 31.4. The molecule has 0 aliphatic heterocycles. The topological polar surface area (TPSA) is 51.6 Å². The van der Waals surface area contributed by atoms with E-state index in [1.807, 2.05) is 48.8 Å². The van der Waals surface area contributed by atoms with Crippen LogP contribution < -0.4 is 0 Å². The van der Waals surface area contributed by atoms with Gasteiger partial charge >= 0.3 is 0 Å². The third-order valence-corrected chi connectivity index (χ3v) is 11.2. The Balaban J connectivity index is 1.17. The Hall–Kier alpha value is -7.82. The lowest BCUT2D eigenvalue weighted by Gasteiger charge is -2.16. The maximum atomic E-state index is 5.52. The van der Waals surface area contributed by atoms with Gasteiger partial charge in [0.15, 0.2) is 0 Å². The fourth-order valence-corrected chi connectivity index (χ4v) is 8.15. The van der Waals surface area contributed by atoms with Crippen molar-refractivity contribution in [3.63, 3.8) is 0 Å². The van der Waals surface area contributed by atoms with Crippen molar-refractivity contribution in [2.75, 3.05) is 0 Å². The second-order valence-corrected chi connectivity index (χ2v) is 14.7. The number of hydrogen-bond donors (Lipinski definition) is 0. The van der Waals surface area contributed by atoms with Gasteiger partial charge in [-0.2, -0.15) is 0 Å². The number of nitrogens with zero attached hydrogens (tertiary/aromatic N) is 4. The van der Waals surface area contributed by atoms with Crippen LogP contribution in [0, 0.1) is 0 Å². The van der Waals surface area contributed by atoms with Crippen LogP contribution in [-0.4, -0.2) is 19.9 Å². The predicted molar refractivity (Wildman–Crippen MR) is 240 cm³/mol. The Morgan fingerprint density at radius 3 is 1.05 bits per heavy atom. The number of aromatic nitrogens is 4. The highest BCUT2D eigenvalue weighted by atomic mass is 14.8. The van der Waals surface area contributed by atoms with Crippen molar-refractivity contribution in [1.29, 1.82) is 0 Å². The first-order valence-corrected chi connectivity index (χ1v) is 19.5. The fraction of sp³-hybridized carbons (Fsp3) is 0. The first kappa shape index (κ1) is 33.5. The number of fused-ring (bicyclic) bond motifs is 5. The third kappa shape index (κ3) is 6.05. The van der Waals surface area contributed by atoms with Crippen molar-refractivity contribution in [2.24, 2.45) is 0 Å². The average Bonchev–Trinajstić information content (AvgIpc) is 3.31. The largest absolute Gasteiger partial charge is 0.256 e. The molecule has 4 heterocycles. The van der Waals surface area contributed by atoms with Gasteiger partial charge in [-0.3, -0.25) is 9.97 Å². The summed E-state index contributed by atoms with van der Waals surface area (Å²) in [6, 6.07) is 68.5. The number of hydrogen-bond acceptors (Lipinski definition) is 4. The molecule has 0 aliphatic carbocycles. The standard InChI is InChI=1S/C54H34N4/c1-3-11-41-31-43(25-15-35(41)9-1)51-33-47(37-17-21-39(22-18-37)49-13-5-7-29-55-49)45-27-28-46-48(38-19-23-40(24-20-38)50-14-6-8-30-56-50)34-52(58-54(46)53(45)57-51)44-26-16-36-10-2-4-12-42(36)32-44/h1-34H. The summed E-state index contributed by atoms with van der Waals surface area (Å²) in [5.41, 5.74) is 14.1. The fourth-order valence-electron chi connectivity index (χ4n) is 8.15. The summed E-state index contributed by atoms with van der Waals surface area (Å²) in [6.45, 7) is 0. The van der Waals surface area contributed by atoms with Crippen molar-refractivity contribution >= 4 is 43.4 Å². The molecule has 4 nitrogen and oxygen atoms in total. The normalized spacial score (nSPS) is 11.4. The molecule has 0 radical (unpaired) electrons. The Labute approximate surface area is 335 Å². The van der Waals surface area contributed by atoms with Gasteiger partial charge in [0.2, 0.25) is 0 Å². The first-order chi connectivity index (χ1) is 28.7. The maximum absolute atomic E-state index is 5.52. The molecule has 11 aromatic rings. The lowest BCUT2D eigenvalue weighted by molar-refractivity contribution is 1.33. The van der Waals surface area contributed by atoms with Crippen molar-refractivity contribution in [2.45, 2.75) is 0 Å². The van der Waals surface area contributed by atoms with E-state index in [1.165, 1.54) is 21.5 Å². The molecule has 58 heavy (non-hydrogen) atoms. The summed E-state index contributed by atoms with van der Waals surface area (Å²) in [4.78, 5) is 20.2. The van der Waals surface area contributed by atoms with Gasteiger partial charge in [-0.05, 0) is 92.3 Å². The van der Waals surface area contributed by atoms with Crippen LogP contribution in [-0.2, 0) is 0 Å². The van der Waals surface area contributed by atoms with Gasteiger partial charge in [0, 0.05) is 45.4 Å². The average molecular weight is 739 g/mol. The number of benzene rings is 7. The highest BCUT2D eigenvalue weighted by Gasteiger charge is 2.18. The smallest absolute Gasteiger partial charge is 0.0978 e. The molecule has 0 spiro atoms. The van der Waals surface area contributed by atoms with Crippen molar-refractivity contribution in [3.8, 4) is 67.3 Å². The Kier molecular flexibility index (Phi) is 8.11. The van der Waals surface area contributed by atoms with Gasteiger partial charge < -0.3 is 0 Å². The van der Waals surface area contributed by atoms with Gasteiger partial charge in [0.25, 0.3) is 0 Å². The quantitative estimate of drug-likeness (QED) is 0.159. The summed E-state index contributed by atoms with van der Waals surface area (Å²) >= 11 is 0. The van der Waals surface area contributed by atoms with Crippen molar-refractivity contribution in [3.05, 3.63) is 207 Å². The van der Waals surface area contributed by atoms with E-state index in [9.17, 15) is 0 Å². The summed E-state index contributed by atoms with van der Waals surface area (Å²) in [6.07, 6.45) is 3.67. The lowest BCUT2D eigenvalue weighted by Crippen LogP contribution is -1.96. The van der Waals surface area contributed by atoms with Crippen LogP contribution in [0.1, 0.15) is 0 Å².